The summed E-state index contributed by atoms with van der Waals surface area (Å²) in [6.45, 7) is 12.6. The maximum atomic E-state index is 13.0. The predicted molar refractivity (Wildman–Crippen MR) is 175 cm³/mol. The number of hydrogen-bond donors (Lipinski definition) is 0. The number of halogens is 1. The Hall–Kier alpha value is -2.20. The molecule has 1 aromatic carbocycles. The number of ether oxygens (including phenoxy) is 1. The van der Waals surface area contributed by atoms with Gasteiger partial charge in [-0.15, -0.1) is 0 Å². The van der Waals surface area contributed by atoms with Gasteiger partial charge in [-0.25, -0.2) is 4.79 Å². The Morgan fingerprint density at radius 1 is 1.07 bits per heavy atom. The maximum Gasteiger partial charge on any atom is 0.410 e. The summed E-state index contributed by atoms with van der Waals surface area (Å²) in [5, 5.41) is 0.787. The van der Waals surface area contributed by atoms with Crippen molar-refractivity contribution in [2.45, 2.75) is 117 Å². The van der Waals surface area contributed by atoms with Crippen LogP contribution in [0.25, 0.3) is 6.08 Å². The molecule has 4 nitrogen and oxygen atoms in total. The zero-order chi connectivity index (χ0) is 29.8. The van der Waals surface area contributed by atoms with E-state index in [1.807, 2.05) is 11.8 Å². The molecule has 1 aromatic rings. The van der Waals surface area contributed by atoms with Gasteiger partial charge in [0.2, 0.25) is 0 Å². The summed E-state index contributed by atoms with van der Waals surface area (Å²) in [6, 6.07) is 6.73. The summed E-state index contributed by atoms with van der Waals surface area (Å²) in [5.41, 5.74) is 4.11. The van der Waals surface area contributed by atoms with Gasteiger partial charge in [0.05, 0.1) is 6.04 Å². The fraction of sp³-hybridized carbons (Fsp3) is 0.639. The SMILES string of the molecule is CCCCCC(C)OC(=O)N1CCC(C(c2ccc(Cl)cc2/C=C(\CC)CCCC(C)C)C2C=CC=CN2C)CC1. The molecule has 2 aliphatic rings. The summed E-state index contributed by atoms with van der Waals surface area (Å²) < 4.78 is 5.82. The van der Waals surface area contributed by atoms with Gasteiger partial charge in [0.25, 0.3) is 0 Å². The molecule has 1 amide bonds. The third kappa shape index (κ3) is 10.2. The zero-order valence-corrected chi connectivity index (χ0v) is 27.3. The van der Waals surface area contributed by atoms with Crippen LogP contribution in [-0.2, 0) is 4.74 Å². The topological polar surface area (TPSA) is 32.8 Å². The molecule has 41 heavy (non-hydrogen) atoms. The number of piperidine rings is 1. The fourth-order valence-corrected chi connectivity index (χ4v) is 6.58. The van der Waals surface area contributed by atoms with E-state index >= 15 is 0 Å². The molecule has 2 aliphatic heterocycles. The van der Waals surface area contributed by atoms with E-state index in [4.69, 9.17) is 16.3 Å². The highest BCUT2D eigenvalue weighted by atomic mass is 35.5. The van der Waals surface area contributed by atoms with E-state index in [1.54, 1.807) is 0 Å². The Kier molecular flexibility index (Phi) is 13.8. The maximum absolute atomic E-state index is 13.0. The average molecular weight is 583 g/mol. The molecule has 1 fully saturated rings. The standard InChI is InChI=1S/C36H55ClN2O2/c1-7-9-10-15-28(5)41-36(40)39-23-20-30(21-24-39)35(34-17-11-12-22-38(34)6)33-19-18-32(37)26-31(33)25-29(8-2)16-13-14-27(3)4/h11-12,17-19,22,25-28,30,34-35H,7-10,13-16,20-21,23-24H2,1-6H3/b29-25+. The molecule has 2 heterocycles. The van der Waals surface area contributed by atoms with E-state index in [2.05, 4.69) is 88.3 Å². The number of amides is 1. The minimum atomic E-state index is -0.147. The van der Waals surface area contributed by atoms with Crippen molar-refractivity contribution < 1.29 is 9.53 Å². The summed E-state index contributed by atoms with van der Waals surface area (Å²) in [5.74, 6) is 1.47. The Labute approximate surface area is 255 Å². The first-order valence-electron chi connectivity index (χ1n) is 16.2. The van der Waals surface area contributed by atoms with Crippen LogP contribution in [0.3, 0.4) is 0 Å². The minimum absolute atomic E-state index is 0.0240. The molecular weight excluding hydrogens is 528 g/mol. The van der Waals surface area contributed by atoms with Crippen LogP contribution in [0.15, 0.2) is 48.2 Å². The van der Waals surface area contributed by atoms with Crippen molar-refractivity contribution in [2.75, 3.05) is 20.1 Å². The number of rotatable bonds is 14. The molecule has 3 unspecified atom stereocenters. The predicted octanol–water partition coefficient (Wildman–Crippen LogP) is 10.2. The number of allylic oxidation sites excluding steroid dienone is 3. The molecule has 0 aliphatic carbocycles. The monoisotopic (exact) mass is 582 g/mol. The van der Waals surface area contributed by atoms with Gasteiger partial charge in [0, 0.05) is 31.1 Å². The quantitative estimate of drug-likeness (QED) is 0.204. The van der Waals surface area contributed by atoms with Crippen LogP contribution in [0.4, 0.5) is 4.79 Å². The second kappa shape index (κ2) is 17.0. The molecule has 0 aromatic heterocycles. The summed E-state index contributed by atoms with van der Waals surface area (Å²) >= 11 is 6.61. The largest absolute Gasteiger partial charge is 0.446 e. The molecule has 3 atom stereocenters. The summed E-state index contributed by atoms with van der Waals surface area (Å²) in [4.78, 5) is 17.2. The molecule has 5 heteroatoms. The number of likely N-dealkylation sites (N-methyl/N-ethyl adjacent to an activating group) is 1. The number of hydrogen-bond acceptors (Lipinski definition) is 3. The molecule has 0 saturated carbocycles. The van der Waals surface area contributed by atoms with Crippen LogP contribution in [0.1, 0.15) is 116 Å². The molecule has 0 radical (unpaired) electrons. The van der Waals surface area contributed by atoms with Gasteiger partial charge in [-0.2, -0.15) is 0 Å². The molecule has 0 bridgehead atoms. The molecular formula is C36H55ClN2O2. The molecule has 228 valence electrons. The average Bonchev–Trinajstić information content (AvgIpc) is 2.95. The van der Waals surface area contributed by atoms with Gasteiger partial charge in [0.15, 0.2) is 0 Å². The number of likely N-dealkylation sites (tertiary alicyclic amines) is 1. The highest BCUT2D eigenvalue weighted by Crippen LogP contribution is 2.41. The Bertz CT molecular complexity index is 1040. The second-order valence-electron chi connectivity index (χ2n) is 12.6. The summed E-state index contributed by atoms with van der Waals surface area (Å²) in [7, 11) is 2.18. The van der Waals surface area contributed by atoms with Crippen LogP contribution in [0.2, 0.25) is 5.02 Å². The number of benzene rings is 1. The van der Waals surface area contributed by atoms with E-state index in [0.717, 1.165) is 62.6 Å². The lowest BCUT2D eigenvalue weighted by molar-refractivity contribution is 0.0519. The van der Waals surface area contributed by atoms with Crippen molar-refractivity contribution in [3.63, 3.8) is 0 Å². The third-order valence-electron chi connectivity index (χ3n) is 8.90. The third-order valence-corrected chi connectivity index (χ3v) is 9.14. The molecule has 3 rings (SSSR count). The number of carbonyl (C=O) groups excluding carboxylic acids is 1. The first-order chi connectivity index (χ1) is 19.7. The van der Waals surface area contributed by atoms with Crippen molar-refractivity contribution in [3.05, 3.63) is 64.3 Å². The van der Waals surface area contributed by atoms with Crippen molar-refractivity contribution in [1.29, 1.82) is 0 Å². The highest BCUT2D eigenvalue weighted by molar-refractivity contribution is 6.30. The van der Waals surface area contributed by atoms with Crippen LogP contribution in [0, 0.1) is 11.8 Å². The van der Waals surface area contributed by atoms with Crippen LogP contribution < -0.4 is 0 Å². The first kappa shape index (κ1) is 33.3. The summed E-state index contributed by atoms with van der Waals surface area (Å²) in [6.07, 6.45) is 22.1. The van der Waals surface area contributed by atoms with E-state index in [-0.39, 0.29) is 18.2 Å². The van der Waals surface area contributed by atoms with Crippen LogP contribution in [-0.4, -0.2) is 48.2 Å². The Morgan fingerprint density at radius 2 is 1.83 bits per heavy atom. The van der Waals surface area contributed by atoms with Gasteiger partial charge in [-0.05, 0) is 99.2 Å². The highest BCUT2D eigenvalue weighted by Gasteiger charge is 2.36. The first-order valence-corrected chi connectivity index (χ1v) is 16.6. The van der Waals surface area contributed by atoms with Gasteiger partial charge >= 0.3 is 6.09 Å². The number of carbonyl (C=O) groups is 1. The van der Waals surface area contributed by atoms with Gasteiger partial charge < -0.3 is 14.5 Å². The smallest absolute Gasteiger partial charge is 0.410 e. The van der Waals surface area contributed by atoms with E-state index in [9.17, 15) is 4.79 Å². The lowest BCUT2D eigenvalue weighted by Gasteiger charge is -2.42. The van der Waals surface area contributed by atoms with Crippen molar-refractivity contribution in [2.24, 2.45) is 11.8 Å². The van der Waals surface area contributed by atoms with Gasteiger partial charge in [-0.1, -0.05) is 88.4 Å². The number of unbranched alkanes of at least 4 members (excludes halogenated alkanes) is 2. The molecule has 1 saturated heterocycles. The molecule has 0 spiro atoms. The molecule has 0 N–H and O–H groups in total. The zero-order valence-electron chi connectivity index (χ0n) is 26.6. The normalized spacial score (nSPS) is 19.6. The Balaban J connectivity index is 1.82. The van der Waals surface area contributed by atoms with Crippen molar-refractivity contribution in [1.82, 2.24) is 9.80 Å². The van der Waals surface area contributed by atoms with Gasteiger partial charge in [0.1, 0.15) is 6.10 Å². The van der Waals surface area contributed by atoms with Crippen LogP contribution in [0.5, 0.6) is 0 Å². The fourth-order valence-electron chi connectivity index (χ4n) is 6.40. The minimum Gasteiger partial charge on any atom is -0.446 e. The van der Waals surface area contributed by atoms with Crippen molar-refractivity contribution in [3.8, 4) is 0 Å². The number of nitrogens with zero attached hydrogens (tertiary/aromatic N) is 2. The van der Waals surface area contributed by atoms with Gasteiger partial charge in [-0.3, -0.25) is 0 Å². The van der Waals surface area contributed by atoms with Crippen LogP contribution >= 0.6 is 11.6 Å². The Morgan fingerprint density at radius 3 is 2.49 bits per heavy atom. The van der Waals surface area contributed by atoms with E-state index in [1.165, 1.54) is 42.4 Å². The van der Waals surface area contributed by atoms with E-state index < -0.39 is 0 Å². The van der Waals surface area contributed by atoms with Crippen molar-refractivity contribution >= 4 is 23.8 Å². The lowest BCUT2D eigenvalue weighted by atomic mass is 9.73. The second-order valence-corrected chi connectivity index (χ2v) is 13.1. The van der Waals surface area contributed by atoms with E-state index in [0.29, 0.717) is 11.8 Å². The lowest BCUT2D eigenvalue weighted by Crippen LogP contribution is -2.44.